The van der Waals surface area contributed by atoms with Crippen LogP contribution in [0.3, 0.4) is 0 Å². The van der Waals surface area contributed by atoms with Crippen LogP contribution in [0.1, 0.15) is 16.7 Å². The van der Waals surface area contributed by atoms with Crippen molar-refractivity contribution < 1.29 is 8.42 Å². The molecule has 0 saturated heterocycles. The number of halogens is 2. The Hall–Kier alpha value is -1.23. The highest BCUT2D eigenvalue weighted by atomic mass is 35.5. The van der Waals surface area contributed by atoms with Crippen molar-refractivity contribution in [2.75, 3.05) is 10.6 Å². The molecule has 0 aromatic heterocycles. The van der Waals surface area contributed by atoms with E-state index < -0.39 is 10.0 Å². The molecule has 0 bridgehead atoms. The predicted molar refractivity (Wildman–Crippen MR) is 93.4 cm³/mol. The maximum absolute atomic E-state index is 12.2. The lowest BCUT2D eigenvalue weighted by atomic mass is 10.1. The molecule has 118 valence electrons. The van der Waals surface area contributed by atoms with Gasteiger partial charge in [0, 0.05) is 0 Å². The zero-order chi connectivity index (χ0) is 16.5. The van der Waals surface area contributed by atoms with E-state index in [0.717, 1.165) is 16.7 Å². The Morgan fingerprint density at radius 1 is 0.955 bits per heavy atom. The number of anilines is 1. The summed E-state index contributed by atoms with van der Waals surface area (Å²) in [5.41, 5.74) is 3.45. The van der Waals surface area contributed by atoms with Crippen LogP contribution in [-0.2, 0) is 16.6 Å². The Kier molecular flexibility index (Phi) is 5.05. The number of benzene rings is 2. The summed E-state index contributed by atoms with van der Waals surface area (Å²) in [7, 11) is -3.42. The van der Waals surface area contributed by atoms with Crippen molar-refractivity contribution in [3.05, 3.63) is 63.1 Å². The molecular formula is C16H17Cl2NO2S. The van der Waals surface area contributed by atoms with Gasteiger partial charge in [0.15, 0.2) is 0 Å². The molecular weight excluding hydrogens is 341 g/mol. The molecule has 0 N–H and O–H groups in total. The van der Waals surface area contributed by atoms with Gasteiger partial charge in [0.05, 0.1) is 28.5 Å². The predicted octanol–water partition coefficient (Wildman–Crippen LogP) is 4.58. The fourth-order valence-electron chi connectivity index (χ4n) is 2.30. The second-order valence-electron chi connectivity index (χ2n) is 5.36. The fraction of sp³-hybridized carbons (Fsp3) is 0.250. The average molecular weight is 358 g/mol. The zero-order valence-electron chi connectivity index (χ0n) is 12.6. The van der Waals surface area contributed by atoms with Gasteiger partial charge in [-0.25, -0.2) is 8.42 Å². The molecule has 0 radical (unpaired) electrons. The van der Waals surface area contributed by atoms with Gasteiger partial charge in [0.1, 0.15) is 0 Å². The molecule has 0 amide bonds. The third-order valence-electron chi connectivity index (χ3n) is 3.20. The van der Waals surface area contributed by atoms with Crippen LogP contribution in [-0.4, -0.2) is 14.7 Å². The first-order valence-corrected chi connectivity index (χ1v) is 9.27. The van der Waals surface area contributed by atoms with E-state index in [4.69, 9.17) is 23.2 Å². The Morgan fingerprint density at radius 3 is 2.05 bits per heavy atom. The monoisotopic (exact) mass is 357 g/mol. The van der Waals surface area contributed by atoms with Crippen LogP contribution in [0.25, 0.3) is 0 Å². The Bertz CT molecular complexity index is 784. The first kappa shape index (κ1) is 17.1. The maximum Gasteiger partial charge on any atom is 0.232 e. The molecule has 0 aliphatic carbocycles. The Morgan fingerprint density at radius 2 is 1.55 bits per heavy atom. The fourth-order valence-corrected chi connectivity index (χ4v) is 3.49. The second kappa shape index (κ2) is 6.49. The molecule has 6 heteroatoms. The van der Waals surface area contributed by atoms with Crippen molar-refractivity contribution in [3.8, 4) is 0 Å². The minimum Gasteiger partial charge on any atom is -0.266 e. The highest BCUT2D eigenvalue weighted by molar-refractivity contribution is 7.92. The van der Waals surface area contributed by atoms with Crippen molar-refractivity contribution in [2.24, 2.45) is 0 Å². The zero-order valence-corrected chi connectivity index (χ0v) is 14.9. The molecule has 0 aliphatic rings. The third kappa shape index (κ3) is 4.15. The molecule has 0 unspecified atom stereocenters. The number of aryl methyl sites for hydroxylation is 2. The van der Waals surface area contributed by atoms with E-state index in [1.165, 1.54) is 10.6 Å². The second-order valence-corrected chi connectivity index (χ2v) is 8.09. The van der Waals surface area contributed by atoms with E-state index in [-0.39, 0.29) is 6.54 Å². The molecule has 0 fully saturated rings. The first-order chi connectivity index (χ1) is 10.2. The molecule has 0 atom stereocenters. The molecule has 0 spiro atoms. The van der Waals surface area contributed by atoms with Crippen LogP contribution in [0.2, 0.25) is 10.0 Å². The molecule has 3 nitrogen and oxygen atoms in total. The summed E-state index contributed by atoms with van der Waals surface area (Å²) < 4.78 is 25.7. The van der Waals surface area contributed by atoms with Gasteiger partial charge < -0.3 is 0 Å². The lowest BCUT2D eigenvalue weighted by molar-refractivity contribution is 0.596. The van der Waals surface area contributed by atoms with Gasteiger partial charge in [0.25, 0.3) is 0 Å². The molecule has 0 saturated carbocycles. The number of rotatable bonds is 4. The summed E-state index contributed by atoms with van der Waals surface area (Å²) in [6.45, 7) is 4.09. The van der Waals surface area contributed by atoms with E-state index in [2.05, 4.69) is 0 Å². The van der Waals surface area contributed by atoms with Crippen LogP contribution < -0.4 is 4.31 Å². The number of hydrogen-bond donors (Lipinski definition) is 0. The average Bonchev–Trinajstić information content (AvgIpc) is 2.37. The molecule has 22 heavy (non-hydrogen) atoms. The highest BCUT2D eigenvalue weighted by Gasteiger charge is 2.18. The van der Waals surface area contributed by atoms with Gasteiger partial charge in [-0.3, -0.25) is 4.31 Å². The van der Waals surface area contributed by atoms with E-state index in [1.54, 1.807) is 18.2 Å². The van der Waals surface area contributed by atoms with Gasteiger partial charge in [-0.1, -0.05) is 35.3 Å². The highest BCUT2D eigenvalue weighted by Crippen LogP contribution is 2.27. The summed E-state index contributed by atoms with van der Waals surface area (Å²) in [4.78, 5) is 0. The van der Waals surface area contributed by atoms with E-state index in [1.807, 2.05) is 32.0 Å². The van der Waals surface area contributed by atoms with E-state index in [9.17, 15) is 8.42 Å². The van der Waals surface area contributed by atoms with Crippen LogP contribution in [0, 0.1) is 13.8 Å². The Labute approximate surface area is 141 Å². The van der Waals surface area contributed by atoms with Crippen molar-refractivity contribution in [1.29, 1.82) is 0 Å². The minimum absolute atomic E-state index is 0.207. The quantitative estimate of drug-likeness (QED) is 0.803. The molecule has 0 heterocycles. The van der Waals surface area contributed by atoms with Crippen LogP contribution in [0.15, 0.2) is 36.4 Å². The van der Waals surface area contributed by atoms with Crippen LogP contribution in [0.5, 0.6) is 0 Å². The summed E-state index contributed by atoms with van der Waals surface area (Å²) in [5, 5.41) is 0.857. The largest absolute Gasteiger partial charge is 0.266 e. The van der Waals surface area contributed by atoms with Crippen molar-refractivity contribution in [3.63, 3.8) is 0 Å². The molecule has 0 aliphatic heterocycles. The van der Waals surface area contributed by atoms with Crippen molar-refractivity contribution in [1.82, 2.24) is 0 Å². The van der Waals surface area contributed by atoms with Gasteiger partial charge in [-0.2, -0.15) is 0 Å². The standard InChI is InChI=1S/C16H17Cl2NO2S/c1-11-6-12(2)8-14(7-11)19(22(3,20)21)10-13-4-5-15(17)16(18)9-13/h4-9H,10H2,1-3H3. The molecule has 2 rings (SSSR count). The third-order valence-corrected chi connectivity index (χ3v) is 5.08. The molecule has 2 aromatic rings. The van der Waals surface area contributed by atoms with Gasteiger partial charge in [-0.05, 0) is 54.8 Å². The smallest absolute Gasteiger partial charge is 0.232 e. The summed E-state index contributed by atoms with van der Waals surface area (Å²) in [6, 6.07) is 10.8. The van der Waals surface area contributed by atoms with Gasteiger partial charge in [-0.15, -0.1) is 0 Å². The number of nitrogens with zero attached hydrogens (tertiary/aromatic N) is 1. The Balaban J connectivity index is 2.45. The summed E-state index contributed by atoms with van der Waals surface area (Å²) in [5.74, 6) is 0. The lowest BCUT2D eigenvalue weighted by Crippen LogP contribution is -2.29. The van der Waals surface area contributed by atoms with E-state index in [0.29, 0.717) is 15.7 Å². The minimum atomic E-state index is -3.42. The summed E-state index contributed by atoms with van der Waals surface area (Å²) >= 11 is 11.9. The molecule has 2 aromatic carbocycles. The van der Waals surface area contributed by atoms with Crippen LogP contribution in [0.4, 0.5) is 5.69 Å². The van der Waals surface area contributed by atoms with Crippen molar-refractivity contribution >= 4 is 38.9 Å². The van der Waals surface area contributed by atoms with Crippen molar-refractivity contribution in [2.45, 2.75) is 20.4 Å². The SMILES string of the molecule is Cc1cc(C)cc(N(Cc2ccc(Cl)c(Cl)c2)S(C)(=O)=O)c1. The normalized spacial score (nSPS) is 11.5. The maximum atomic E-state index is 12.2. The van der Waals surface area contributed by atoms with E-state index >= 15 is 0 Å². The van der Waals surface area contributed by atoms with Gasteiger partial charge in [0.2, 0.25) is 10.0 Å². The number of sulfonamides is 1. The number of hydrogen-bond acceptors (Lipinski definition) is 2. The summed E-state index contributed by atoms with van der Waals surface area (Å²) in [6.07, 6.45) is 1.20. The van der Waals surface area contributed by atoms with Gasteiger partial charge >= 0.3 is 0 Å². The first-order valence-electron chi connectivity index (χ1n) is 6.67. The topological polar surface area (TPSA) is 37.4 Å². The lowest BCUT2D eigenvalue weighted by Gasteiger charge is -2.23. The van der Waals surface area contributed by atoms with Crippen LogP contribution >= 0.6 is 23.2 Å².